The van der Waals surface area contributed by atoms with Crippen molar-refractivity contribution >= 4 is 11.1 Å². The fourth-order valence-electron chi connectivity index (χ4n) is 1.70. The number of hydrogen-bond acceptors (Lipinski definition) is 2. The van der Waals surface area contributed by atoms with Gasteiger partial charge in [-0.1, -0.05) is 37.3 Å². The third-order valence-electron chi connectivity index (χ3n) is 2.62. The molecule has 0 radical (unpaired) electrons. The molecule has 1 aromatic rings. The second-order valence-corrected chi connectivity index (χ2v) is 6.08. The van der Waals surface area contributed by atoms with E-state index in [4.69, 9.17) is 0 Å². The zero-order valence-electron chi connectivity index (χ0n) is 9.40. The van der Waals surface area contributed by atoms with Crippen molar-refractivity contribution in [3.05, 3.63) is 35.9 Å². The van der Waals surface area contributed by atoms with Crippen LogP contribution >= 0.6 is 0 Å². The summed E-state index contributed by atoms with van der Waals surface area (Å²) in [4.78, 5) is 0. The summed E-state index contributed by atoms with van der Waals surface area (Å²) < 4.78 is 21.3. The maximum atomic E-state index is 11.0. The van der Waals surface area contributed by atoms with E-state index in [1.165, 1.54) is 5.56 Å². The van der Waals surface area contributed by atoms with Gasteiger partial charge in [-0.2, -0.15) is 0 Å². The Morgan fingerprint density at radius 2 is 1.87 bits per heavy atom. The molecule has 0 heterocycles. The molecule has 15 heavy (non-hydrogen) atoms. The number of benzene rings is 1. The summed E-state index contributed by atoms with van der Waals surface area (Å²) in [5.74, 6) is 0.263. The Kier molecular flexibility index (Phi) is 4.05. The molecular weight excluding hydrogens is 208 g/mol. The molecule has 0 aliphatic carbocycles. The van der Waals surface area contributed by atoms with E-state index in [1.807, 2.05) is 30.3 Å². The van der Waals surface area contributed by atoms with Gasteiger partial charge >= 0.3 is 0 Å². The SMILES string of the molecule is CC(CC(C)(C)S(=O)[O-])c1ccccc1. The van der Waals surface area contributed by atoms with Crippen LogP contribution in [0.15, 0.2) is 30.3 Å². The monoisotopic (exact) mass is 225 g/mol. The predicted molar refractivity (Wildman–Crippen MR) is 62.5 cm³/mol. The minimum absolute atomic E-state index is 0.263. The Balaban J connectivity index is 2.72. The van der Waals surface area contributed by atoms with Gasteiger partial charge in [-0.15, -0.1) is 0 Å². The van der Waals surface area contributed by atoms with Crippen molar-refractivity contribution in [2.24, 2.45) is 0 Å². The number of rotatable bonds is 4. The normalized spacial score (nSPS) is 16.0. The van der Waals surface area contributed by atoms with Crippen molar-refractivity contribution in [1.82, 2.24) is 0 Å². The van der Waals surface area contributed by atoms with Crippen molar-refractivity contribution in [2.75, 3.05) is 0 Å². The summed E-state index contributed by atoms with van der Waals surface area (Å²) in [7, 11) is 0. The van der Waals surface area contributed by atoms with E-state index in [-0.39, 0.29) is 5.92 Å². The molecule has 2 nitrogen and oxygen atoms in total. The van der Waals surface area contributed by atoms with Gasteiger partial charge in [0.05, 0.1) is 0 Å². The molecule has 0 aromatic heterocycles. The quantitative estimate of drug-likeness (QED) is 0.739. The lowest BCUT2D eigenvalue weighted by Gasteiger charge is -2.30. The van der Waals surface area contributed by atoms with E-state index < -0.39 is 15.8 Å². The summed E-state index contributed by atoms with van der Waals surface area (Å²) in [5.41, 5.74) is 1.19. The van der Waals surface area contributed by atoms with Gasteiger partial charge in [-0.05, 0) is 42.8 Å². The zero-order valence-corrected chi connectivity index (χ0v) is 10.2. The highest BCUT2D eigenvalue weighted by Gasteiger charge is 2.22. The Hall–Kier alpha value is -0.670. The third kappa shape index (κ3) is 3.43. The van der Waals surface area contributed by atoms with E-state index in [9.17, 15) is 8.76 Å². The number of hydrogen-bond donors (Lipinski definition) is 0. The highest BCUT2D eigenvalue weighted by molar-refractivity contribution is 7.80. The first kappa shape index (κ1) is 12.4. The van der Waals surface area contributed by atoms with E-state index in [1.54, 1.807) is 13.8 Å². The topological polar surface area (TPSA) is 40.1 Å². The smallest absolute Gasteiger partial charge is 0.0277 e. The highest BCUT2D eigenvalue weighted by atomic mass is 32.2. The van der Waals surface area contributed by atoms with E-state index in [2.05, 4.69) is 6.92 Å². The molecule has 2 unspecified atom stereocenters. The van der Waals surface area contributed by atoms with Crippen LogP contribution in [0.1, 0.15) is 38.7 Å². The average Bonchev–Trinajstić information content (AvgIpc) is 2.18. The molecule has 84 valence electrons. The summed E-state index contributed by atoms with van der Waals surface area (Å²) >= 11 is -2.02. The van der Waals surface area contributed by atoms with Crippen LogP contribution in [0.2, 0.25) is 0 Å². The van der Waals surface area contributed by atoms with E-state index in [0.29, 0.717) is 6.42 Å². The fourth-order valence-corrected chi connectivity index (χ4v) is 2.09. The van der Waals surface area contributed by atoms with Crippen LogP contribution in [0, 0.1) is 0 Å². The van der Waals surface area contributed by atoms with Gasteiger partial charge in [0.2, 0.25) is 0 Å². The molecule has 0 bridgehead atoms. The largest absolute Gasteiger partial charge is 0.772 e. The Bertz CT molecular complexity index is 333. The lowest BCUT2D eigenvalue weighted by Crippen LogP contribution is -2.28. The zero-order chi connectivity index (χ0) is 11.5. The lowest BCUT2D eigenvalue weighted by atomic mass is 9.91. The minimum Gasteiger partial charge on any atom is -0.772 e. The molecule has 1 rings (SSSR count). The van der Waals surface area contributed by atoms with Gasteiger partial charge < -0.3 is 4.55 Å². The van der Waals surface area contributed by atoms with Gasteiger partial charge in [0.15, 0.2) is 0 Å². The predicted octanol–water partition coefficient (Wildman–Crippen LogP) is 2.84. The third-order valence-corrected chi connectivity index (χ3v) is 3.69. The highest BCUT2D eigenvalue weighted by Crippen LogP contribution is 2.28. The van der Waals surface area contributed by atoms with Gasteiger partial charge in [-0.3, -0.25) is 4.21 Å². The maximum Gasteiger partial charge on any atom is 0.0277 e. The first-order valence-electron chi connectivity index (χ1n) is 5.08. The van der Waals surface area contributed by atoms with Crippen LogP contribution in [0.5, 0.6) is 0 Å². The summed E-state index contributed by atoms with van der Waals surface area (Å²) in [5, 5.41) is 0. The molecule has 0 aliphatic heterocycles. The summed E-state index contributed by atoms with van der Waals surface area (Å²) in [6.45, 7) is 5.58. The molecule has 3 heteroatoms. The van der Waals surface area contributed by atoms with E-state index >= 15 is 0 Å². The molecule has 2 atom stereocenters. The van der Waals surface area contributed by atoms with Crippen LogP contribution in [-0.4, -0.2) is 13.5 Å². The van der Waals surface area contributed by atoms with Crippen LogP contribution in [-0.2, 0) is 11.1 Å². The average molecular weight is 225 g/mol. The van der Waals surface area contributed by atoms with Gasteiger partial charge in [-0.25, -0.2) is 0 Å². The molecule has 0 spiro atoms. The van der Waals surface area contributed by atoms with Crippen molar-refractivity contribution < 1.29 is 8.76 Å². The lowest BCUT2D eigenvalue weighted by molar-refractivity contribution is 0.465. The first-order valence-corrected chi connectivity index (χ1v) is 6.15. The molecular formula is C12H17O2S-. The molecule has 0 saturated heterocycles. The molecule has 0 fully saturated rings. The molecule has 0 amide bonds. The second-order valence-electron chi connectivity index (χ2n) is 4.51. The Morgan fingerprint density at radius 1 is 1.33 bits per heavy atom. The van der Waals surface area contributed by atoms with Crippen molar-refractivity contribution in [1.29, 1.82) is 0 Å². The Labute approximate surface area is 94.0 Å². The molecule has 0 aliphatic rings. The standard InChI is InChI=1S/C12H18O2S/c1-10(9-12(2,3)15(13)14)11-7-5-4-6-8-11/h4-8,10H,9H2,1-3H3,(H,13,14)/p-1. The Morgan fingerprint density at radius 3 is 2.33 bits per heavy atom. The van der Waals surface area contributed by atoms with Crippen LogP contribution in [0.25, 0.3) is 0 Å². The van der Waals surface area contributed by atoms with Crippen LogP contribution in [0.3, 0.4) is 0 Å². The fraction of sp³-hybridized carbons (Fsp3) is 0.500. The van der Waals surface area contributed by atoms with Crippen molar-refractivity contribution in [2.45, 2.75) is 37.9 Å². The molecule has 1 aromatic carbocycles. The van der Waals surface area contributed by atoms with Crippen LogP contribution < -0.4 is 0 Å². The van der Waals surface area contributed by atoms with Gasteiger partial charge in [0.1, 0.15) is 0 Å². The maximum absolute atomic E-state index is 11.0. The van der Waals surface area contributed by atoms with Crippen LogP contribution in [0.4, 0.5) is 0 Å². The first-order chi connectivity index (χ1) is 6.93. The molecule has 0 N–H and O–H groups in total. The van der Waals surface area contributed by atoms with Crippen molar-refractivity contribution in [3.8, 4) is 0 Å². The van der Waals surface area contributed by atoms with E-state index in [0.717, 1.165) is 0 Å². The molecule has 0 saturated carbocycles. The van der Waals surface area contributed by atoms with Crippen molar-refractivity contribution in [3.63, 3.8) is 0 Å². The van der Waals surface area contributed by atoms with Gasteiger partial charge in [0, 0.05) is 4.75 Å². The second kappa shape index (κ2) is 4.90. The van der Waals surface area contributed by atoms with Gasteiger partial charge in [0.25, 0.3) is 0 Å². The summed E-state index contributed by atoms with van der Waals surface area (Å²) in [6.07, 6.45) is 0.646. The summed E-state index contributed by atoms with van der Waals surface area (Å²) in [6, 6.07) is 10.00. The minimum atomic E-state index is -2.02.